The molecule has 0 saturated carbocycles. The highest BCUT2D eigenvalue weighted by Crippen LogP contribution is 2.32. The zero-order chi connectivity index (χ0) is 21.3. The van der Waals surface area contributed by atoms with Gasteiger partial charge in [-0.05, 0) is 68.2 Å². The molecule has 2 bridgehead atoms. The summed E-state index contributed by atoms with van der Waals surface area (Å²) in [6.45, 7) is 3.10. The number of benzene rings is 1. The number of anilines is 1. The van der Waals surface area contributed by atoms with Crippen molar-refractivity contribution in [2.75, 3.05) is 25.0 Å². The van der Waals surface area contributed by atoms with Gasteiger partial charge in [0.2, 0.25) is 0 Å². The standard InChI is InChI=1S/C20H20F3N3O3S/c21-20(22,23)19(28)24-13-1-3-14(4-2-13)29-17-6-5-16(30-17)18(27)25-15-11-26-9-7-12(15)8-10-26/h1-6,12,15H,7-11H2,(H,24,28)(H,25,27). The maximum Gasteiger partial charge on any atom is 0.471 e. The third-order valence-electron chi connectivity index (χ3n) is 5.37. The second kappa shape index (κ2) is 8.27. The molecule has 0 aliphatic carbocycles. The van der Waals surface area contributed by atoms with Crippen molar-refractivity contribution in [2.24, 2.45) is 5.92 Å². The highest BCUT2D eigenvalue weighted by Gasteiger charge is 2.38. The van der Waals surface area contributed by atoms with Crippen LogP contribution in [0.4, 0.5) is 18.9 Å². The second-order valence-electron chi connectivity index (χ2n) is 7.41. The van der Waals surface area contributed by atoms with Gasteiger partial charge in [-0.1, -0.05) is 11.3 Å². The van der Waals surface area contributed by atoms with E-state index in [1.54, 1.807) is 17.4 Å². The van der Waals surface area contributed by atoms with Crippen molar-refractivity contribution in [1.82, 2.24) is 10.2 Å². The first-order valence-corrected chi connectivity index (χ1v) is 10.4. The van der Waals surface area contributed by atoms with Crippen LogP contribution in [0.2, 0.25) is 0 Å². The molecule has 0 spiro atoms. The summed E-state index contributed by atoms with van der Waals surface area (Å²) < 4.78 is 42.5. The topological polar surface area (TPSA) is 70.7 Å². The lowest BCUT2D eigenvalue weighted by Crippen LogP contribution is -2.57. The first-order valence-electron chi connectivity index (χ1n) is 9.57. The fourth-order valence-corrected chi connectivity index (χ4v) is 4.57. The Hall–Kier alpha value is -2.59. The van der Waals surface area contributed by atoms with Gasteiger partial charge in [0.15, 0.2) is 5.06 Å². The first kappa shape index (κ1) is 20.7. The highest BCUT2D eigenvalue weighted by molar-refractivity contribution is 7.15. The number of amides is 2. The van der Waals surface area contributed by atoms with Crippen molar-refractivity contribution < 1.29 is 27.5 Å². The van der Waals surface area contributed by atoms with Crippen molar-refractivity contribution >= 4 is 28.8 Å². The molecule has 1 atom stereocenters. The van der Waals surface area contributed by atoms with Crippen molar-refractivity contribution in [1.29, 1.82) is 0 Å². The molecule has 6 nitrogen and oxygen atoms in total. The number of hydrogen-bond acceptors (Lipinski definition) is 5. The lowest BCUT2D eigenvalue weighted by atomic mass is 9.84. The summed E-state index contributed by atoms with van der Waals surface area (Å²) in [5.41, 5.74) is 0.00782. The van der Waals surface area contributed by atoms with Crippen LogP contribution in [0, 0.1) is 5.92 Å². The summed E-state index contributed by atoms with van der Waals surface area (Å²) in [5.74, 6) is -1.25. The van der Waals surface area contributed by atoms with Crippen LogP contribution in [-0.4, -0.2) is 48.6 Å². The fraction of sp³-hybridized carbons (Fsp3) is 0.400. The van der Waals surface area contributed by atoms with Crippen LogP contribution < -0.4 is 15.4 Å². The maximum atomic E-state index is 12.6. The number of hydrogen-bond donors (Lipinski definition) is 2. The lowest BCUT2D eigenvalue weighted by Gasteiger charge is -2.44. The number of fused-ring (bicyclic) bond motifs is 3. The molecule has 1 aromatic heterocycles. The number of thiophene rings is 1. The average molecular weight is 439 g/mol. The fourth-order valence-electron chi connectivity index (χ4n) is 3.79. The van der Waals surface area contributed by atoms with Gasteiger partial charge in [-0.2, -0.15) is 13.2 Å². The molecule has 2 N–H and O–H groups in total. The Labute approximate surface area is 175 Å². The molecule has 160 valence electrons. The van der Waals surface area contributed by atoms with Gasteiger partial charge >= 0.3 is 12.1 Å². The summed E-state index contributed by atoms with van der Waals surface area (Å²) >= 11 is 1.20. The van der Waals surface area contributed by atoms with E-state index in [-0.39, 0.29) is 17.6 Å². The number of alkyl halides is 3. The van der Waals surface area contributed by atoms with E-state index in [2.05, 4.69) is 10.2 Å². The smallest absolute Gasteiger partial charge is 0.447 e. The Balaban J connectivity index is 1.33. The SMILES string of the molecule is O=C(NC1CN2CCC1CC2)c1ccc(Oc2ccc(NC(=O)C(F)(F)F)cc2)s1. The predicted molar refractivity (Wildman–Crippen MR) is 106 cm³/mol. The summed E-state index contributed by atoms with van der Waals surface area (Å²) in [6.07, 6.45) is -2.72. The van der Waals surface area contributed by atoms with Crippen LogP contribution in [0.3, 0.4) is 0 Å². The van der Waals surface area contributed by atoms with E-state index in [0.29, 0.717) is 21.6 Å². The highest BCUT2D eigenvalue weighted by atomic mass is 32.1. The Morgan fingerprint density at radius 3 is 2.37 bits per heavy atom. The van der Waals surface area contributed by atoms with E-state index in [0.717, 1.165) is 32.5 Å². The van der Waals surface area contributed by atoms with E-state index in [1.807, 2.05) is 0 Å². The van der Waals surface area contributed by atoms with Crippen molar-refractivity contribution in [3.8, 4) is 10.8 Å². The summed E-state index contributed by atoms with van der Waals surface area (Å²) in [7, 11) is 0. The van der Waals surface area contributed by atoms with Gasteiger partial charge < -0.3 is 20.3 Å². The number of rotatable bonds is 5. The average Bonchev–Trinajstić information content (AvgIpc) is 3.18. The van der Waals surface area contributed by atoms with Crippen LogP contribution in [0.5, 0.6) is 10.8 Å². The molecule has 3 aliphatic rings. The Bertz CT molecular complexity index is 921. The predicted octanol–water partition coefficient (Wildman–Crippen LogP) is 3.87. The zero-order valence-electron chi connectivity index (χ0n) is 15.9. The summed E-state index contributed by atoms with van der Waals surface area (Å²) in [6, 6.07) is 9.05. The van der Waals surface area contributed by atoms with E-state index >= 15 is 0 Å². The second-order valence-corrected chi connectivity index (χ2v) is 8.46. The molecule has 3 aliphatic heterocycles. The van der Waals surface area contributed by atoms with E-state index in [1.165, 1.54) is 35.6 Å². The number of carbonyl (C=O) groups excluding carboxylic acids is 2. The molecule has 0 radical (unpaired) electrons. The van der Waals surface area contributed by atoms with Crippen LogP contribution >= 0.6 is 11.3 Å². The first-order chi connectivity index (χ1) is 14.3. The third kappa shape index (κ3) is 4.76. The van der Waals surface area contributed by atoms with Gasteiger partial charge in [-0.25, -0.2) is 0 Å². The van der Waals surface area contributed by atoms with Crippen LogP contribution in [0.1, 0.15) is 22.5 Å². The summed E-state index contributed by atoms with van der Waals surface area (Å²) in [4.78, 5) is 26.4. The van der Waals surface area contributed by atoms with Crippen LogP contribution in [0.25, 0.3) is 0 Å². The maximum absolute atomic E-state index is 12.6. The van der Waals surface area contributed by atoms with Crippen molar-refractivity contribution in [3.63, 3.8) is 0 Å². The van der Waals surface area contributed by atoms with Gasteiger partial charge in [0.05, 0.1) is 4.88 Å². The monoisotopic (exact) mass is 439 g/mol. The normalized spacial score (nSPS) is 23.1. The van der Waals surface area contributed by atoms with Crippen molar-refractivity contribution in [3.05, 3.63) is 41.3 Å². The molecular weight excluding hydrogens is 419 g/mol. The molecule has 4 heterocycles. The Morgan fingerprint density at radius 1 is 1.07 bits per heavy atom. The molecule has 30 heavy (non-hydrogen) atoms. The number of carbonyl (C=O) groups is 2. The molecule has 3 saturated heterocycles. The minimum Gasteiger partial charge on any atom is -0.447 e. The third-order valence-corrected chi connectivity index (χ3v) is 6.33. The number of ether oxygens (including phenoxy) is 1. The Kier molecular flexibility index (Phi) is 5.70. The van der Waals surface area contributed by atoms with Crippen LogP contribution in [-0.2, 0) is 4.79 Å². The molecule has 3 fully saturated rings. The van der Waals surface area contributed by atoms with Crippen molar-refractivity contribution in [2.45, 2.75) is 25.1 Å². The van der Waals surface area contributed by atoms with Gasteiger partial charge in [0.1, 0.15) is 5.75 Å². The van der Waals surface area contributed by atoms with Crippen LogP contribution in [0.15, 0.2) is 36.4 Å². The molecular formula is C20H20F3N3O3S. The lowest BCUT2D eigenvalue weighted by molar-refractivity contribution is -0.167. The number of nitrogens with one attached hydrogen (secondary N) is 2. The zero-order valence-corrected chi connectivity index (χ0v) is 16.7. The van der Waals surface area contributed by atoms with E-state index < -0.39 is 12.1 Å². The van der Waals surface area contributed by atoms with E-state index in [9.17, 15) is 22.8 Å². The number of piperidine rings is 3. The molecule has 1 aromatic carbocycles. The van der Waals surface area contributed by atoms with Gasteiger partial charge in [0, 0.05) is 18.3 Å². The molecule has 5 rings (SSSR count). The number of nitrogens with zero attached hydrogens (tertiary/aromatic N) is 1. The Morgan fingerprint density at radius 2 is 1.77 bits per heavy atom. The summed E-state index contributed by atoms with van der Waals surface area (Å²) in [5, 5.41) is 5.38. The largest absolute Gasteiger partial charge is 0.471 e. The minimum absolute atomic E-state index is 0.00782. The molecule has 2 amide bonds. The molecule has 2 aromatic rings. The van der Waals surface area contributed by atoms with Gasteiger partial charge in [-0.15, -0.1) is 0 Å². The minimum atomic E-state index is -4.95. The molecule has 10 heteroatoms. The van der Waals surface area contributed by atoms with Gasteiger partial charge in [0.25, 0.3) is 5.91 Å². The van der Waals surface area contributed by atoms with E-state index in [4.69, 9.17) is 4.74 Å². The van der Waals surface area contributed by atoms with Gasteiger partial charge in [-0.3, -0.25) is 9.59 Å². The number of halogens is 3. The molecule has 1 unspecified atom stereocenters. The quantitative estimate of drug-likeness (QED) is 0.742.